The van der Waals surface area contributed by atoms with Crippen molar-refractivity contribution in [2.24, 2.45) is 0 Å². The van der Waals surface area contributed by atoms with Crippen LogP contribution in [0.3, 0.4) is 0 Å². The van der Waals surface area contributed by atoms with Gasteiger partial charge in [0.2, 0.25) is 0 Å². The maximum Gasteiger partial charge on any atom is 0.263 e. The van der Waals surface area contributed by atoms with Crippen LogP contribution in [0.1, 0.15) is 27.5 Å². The number of halogens is 1. The summed E-state index contributed by atoms with van der Waals surface area (Å²) < 4.78 is 14.8. The maximum atomic E-state index is 13.1. The predicted molar refractivity (Wildman–Crippen MR) is 115 cm³/mol. The van der Waals surface area contributed by atoms with Crippen LogP contribution < -0.4 is 16.0 Å². The summed E-state index contributed by atoms with van der Waals surface area (Å²) >= 11 is 1.33. The monoisotopic (exact) mass is 425 g/mol. The van der Waals surface area contributed by atoms with Gasteiger partial charge < -0.3 is 16.0 Å². The second-order valence-electron chi connectivity index (χ2n) is 7.52. The van der Waals surface area contributed by atoms with Crippen LogP contribution in [0.4, 0.5) is 15.9 Å². The van der Waals surface area contributed by atoms with Crippen molar-refractivity contribution in [2.45, 2.75) is 26.3 Å². The fourth-order valence-electron chi connectivity index (χ4n) is 3.96. The summed E-state index contributed by atoms with van der Waals surface area (Å²) in [6.45, 7) is 5.15. The molecule has 0 aliphatic carbocycles. The Kier molecular flexibility index (Phi) is 4.31. The summed E-state index contributed by atoms with van der Waals surface area (Å²) in [6, 6.07) is 4.93. The van der Waals surface area contributed by atoms with E-state index in [2.05, 4.69) is 20.4 Å². The lowest BCUT2D eigenvalue weighted by molar-refractivity contribution is 0.0945. The van der Waals surface area contributed by atoms with E-state index in [1.807, 2.05) is 24.8 Å². The number of nitrogens with two attached hydrogens (primary N) is 1. The molecular weight excluding hydrogens is 405 g/mol. The number of anilines is 2. The molecule has 154 valence electrons. The Morgan fingerprint density at radius 2 is 2.20 bits per heavy atom. The first-order chi connectivity index (χ1) is 14.4. The molecule has 1 aliphatic heterocycles. The number of aryl methyl sites for hydroxylation is 2. The molecule has 8 nitrogen and oxygen atoms in total. The van der Waals surface area contributed by atoms with Crippen molar-refractivity contribution in [3.05, 3.63) is 46.5 Å². The van der Waals surface area contributed by atoms with Crippen molar-refractivity contribution < 1.29 is 9.18 Å². The van der Waals surface area contributed by atoms with E-state index in [1.165, 1.54) is 23.6 Å². The Labute approximate surface area is 175 Å². The number of nitrogens with zero attached hydrogens (tertiary/aromatic N) is 5. The third-order valence-electron chi connectivity index (χ3n) is 5.36. The number of aromatic nitrogens is 4. The lowest BCUT2D eigenvalue weighted by Crippen LogP contribution is -2.37. The lowest BCUT2D eigenvalue weighted by Gasteiger charge is -2.17. The van der Waals surface area contributed by atoms with Crippen LogP contribution in [0.2, 0.25) is 0 Å². The second kappa shape index (κ2) is 6.91. The number of carbonyl (C=O) groups is 1. The maximum absolute atomic E-state index is 13.1. The first-order valence-electron chi connectivity index (χ1n) is 9.63. The molecule has 3 N–H and O–H groups in total. The van der Waals surface area contributed by atoms with Crippen LogP contribution in [0.5, 0.6) is 0 Å². The zero-order valence-electron chi connectivity index (χ0n) is 16.5. The molecule has 4 aromatic heterocycles. The number of carbonyl (C=O) groups excluding carboxylic acids is 1. The van der Waals surface area contributed by atoms with E-state index in [0.717, 1.165) is 34.4 Å². The molecule has 1 amide bonds. The van der Waals surface area contributed by atoms with Gasteiger partial charge in [-0.05, 0) is 44.0 Å². The Balaban J connectivity index is 1.40. The Bertz CT molecular complexity index is 1280. The number of nitrogens with one attached hydrogen (secondary N) is 1. The third-order valence-corrected chi connectivity index (χ3v) is 6.54. The lowest BCUT2D eigenvalue weighted by atomic mass is 10.1. The normalized spacial score (nSPS) is 16.6. The topological polar surface area (TPSA) is 101 Å². The molecule has 1 atom stereocenters. The Morgan fingerprint density at radius 1 is 1.37 bits per heavy atom. The summed E-state index contributed by atoms with van der Waals surface area (Å²) in [5, 5.41) is 8.36. The van der Waals surface area contributed by atoms with Crippen molar-refractivity contribution in [1.29, 1.82) is 0 Å². The first kappa shape index (κ1) is 18.7. The first-order valence-corrected chi connectivity index (χ1v) is 10.4. The summed E-state index contributed by atoms with van der Waals surface area (Å²) in [5.74, 6) is 0.807. The number of fused-ring (bicyclic) bond motifs is 3. The highest BCUT2D eigenvalue weighted by atomic mass is 32.1. The Hall–Kier alpha value is -3.27. The van der Waals surface area contributed by atoms with Crippen LogP contribution in [0.15, 0.2) is 24.4 Å². The average Bonchev–Trinajstić information content (AvgIpc) is 3.39. The van der Waals surface area contributed by atoms with Crippen LogP contribution >= 0.6 is 11.3 Å². The molecule has 0 unspecified atom stereocenters. The highest BCUT2D eigenvalue weighted by Crippen LogP contribution is 2.36. The van der Waals surface area contributed by atoms with Crippen molar-refractivity contribution in [1.82, 2.24) is 24.9 Å². The highest BCUT2D eigenvalue weighted by Gasteiger charge is 2.27. The molecule has 1 saturated heterocycles. The number of hydrogen-bond acceptors (Lipinski definition) is 7. The largest absolute Gasteiger partial charge is 0.397 e. The second-order valence-corrected chi connectivity index (χ2v) is 8.52. The van der Waals surface area contributed by atoms with E-state index in [9.17, 15) is 9.18 Å². The van der Waals surface area contributed by atoms with Crippen molar-refractivity contribution in [3.8, 4) is 0 Å². The zero-order chi connectivity index (χ0) is 21.0. The smallest absolute Gasteiger partial charge is 0.263 e. The molecule has 0 radical (unpaired) electrons. The molecule has 0 aromatic carbocycles. The van der Waals surface area contributed by atoms with E-state index >= 15 is 0 Å². The van der Waals surface area contributed by atoms with E-state index in [4.69, 9.17) is 5.73 Å². The number of thiophene rings is 1. The van der Waals surface area contributed by atoms with Gasteiger partial charge in [0.1, 0.15) is 27.2 Å². The minimum atomic E-state index is -0.366. The molecule has 1 fully saturated rings. The summed E-state index contributed by atoms with van der Waals surface area (Å²) in [4.78, 5) is 24.9. The van der Waals surface area contributed by atoms with Crippen molar-refractivity contribution in [3.63, 3.8) is 0 Å². The molecule has 10 heteroatoms. The van der Waals surface area contributed by atoms with Gasteiger partial charge in [-0.3, -0.25) is 4.79 Å². The van der Waals surface area contributed by atoms with Gasteiger partial charge in [-0.1, -0.05) is 0 Å². The number of pyridine rings is 2. The van der Waals surface area contributed by atoms with Gasteiger partial charge in [-0.25, -0.2) is 18.9 Å². The standard InChI is InChI=1S/C20H20FN7OS/c1-10-7-15-24-11(2)26-28(15)20-16(10)17(22)18(30-20)19(29)25-13-5-6-27(9-13)14-4-3-12(21)8-23-14/h3-4,7-8,13H,5-6,9,22H2,1-2H3,(H,25,29)/t13-/m1/s1. The highest BCUT2D eigenvalue weighted by molar-refractivity contribution is 7.21. The van der Waals surface area contributed by atoms with Crippen LogP contribution in [-0.2, 0) is 0 Å². The molecule has 5 rings (SSSR count). The third kappa shape index (κ3) is 3.04. The summed E-state index contributed by atoms with van der Waals surface area (Å²) in [5.41, 5.74) is 8.55. The minimum absolute atomic E-state index is 0.0382. The number of hydrogen-bond donors (Lipinski definition) is 2. The van der Waals surface area contributed by atoms with Crippen LogP contribution in [0, 0.1) is 19.7 Å². The summed E-state index contributed by atoms with van der Waals surface area (Å²) in [7, 11) is 0. The average molecular weight is 425 g/mol. The summed E-state index contributed by atoms with van der Waals surface area (Å²) in [6.07, 6.45) is 1.98. The van der Waals surface area contributed by atoms with Gasteiger partial charge in [-0.15, -0.1) is 11.3 Å². The Morgan fingerprint density at radius 3 is 2.97 bits per heavy atom. The molecule has 0 saturated carbocycles. The van der Waals surface area contributed by atoms with Crippen molar-refractivity contribution >= 4 is 44.6 Å². The molecule has 4 aromatic rings. The number of rotatable bonds is 3. The molecule has 1 aliphatic rings. The van der Waals surface area contributed by atoms with Crippen molar-refractivity contribution in [2.75, 3.05) is 23.7 Å². The SMILES string of the molecule is Cc1nc2cc(C)c3c(N)c(C(=O)N[C@@H]4CCN(c5ccc(F)cn5)C4)sc3n2n1. The number of nitrogen functional groups attached to an aromatic ring is 1. The molecule has 5 heterocycles. The van der Waals surface area contributed by atoms with Gasteiger partial charge in [0.05, 0.1) is 11.9 Å². The van der Waals surface area contributed by atoms with E-state index in [0.29, 0.717) is 28.8 Å². The van der Waals surface area contributed by atoms with Gasteiger partial charge in [-0.2, -0.15) is 5.10 Å². The molecule has 0 spiro atoms. The van der Waals surface area contributed by atoms with Gasteiger partial charge in [0, 0.05) is 24.5 Å². The fourth-order valence-corrected chi connectivity index (χ4v) is 5.11. The molecule has 0 bridgehead atoms. The quantitative estimate of drug-likeness (QED) is 0.523. The zero-order valence-corrected chi connectivity index (χ0v) is 17.3. The van der Waals surface area contributed by atoms with Crippen LogP contribution in [0.25, 0.3) is 15.9 Å². The van der Waals surface area contributed by atoms with Gasteiger partial charge >= 0.3 is 0 Å². The van der Waals surface area contributed by atoms with E-state index in [-0.39, 0.29) is 17.8 Å². The molecule has 30 heavy (non-hydrogen) atoms. The van der Waals surface area contributed by atoms with E-state index in [1.54, 1.807) is 10.6 Å². The fraction of sp³-hybridized carbons (Fsp3) is 0.300. The molecular formula is C20H20FN7OS. The van der Waals surface area contributed by atoms with Gasteiger partial charge in [0.25, 0.3) is 5.91 Å². The van der Waals surface area contributed by atoms with E-state index < -0.39 is 0 Å². The van der Waals surface area contributed by atoms with Crippen LogP contribution in [-0.4, -0.2) is 44.6 Å². The van der Waals surface area contributed by atoms with Gasteiger partial charge in [0.15, 0.2) is 5.65 Å². The number of amides is 1. The predicted octanol–water partition coefficient (Wildman–Crippen LogP) is 2.69. The minimum Gasteiger partial charge on any atom is -0.397 e.